The third-order valence-corrected chi connectivity index (χ3v) is 3.96. The zero-order valence-electron chi connectivity index (χ0n) is 9.04. The summed E-state index contributed by atoms with van der Waals surface area (Å²) in [4.78, 5) is 12.4. The molecule has 1 aromatic rings. The molecule has 0 spiro atoms. The van der Waals surface area contributed by atoms with Gasteiger partial charge >= 0.3 is 0 Å². The first-order valence-electron chi connectivity index (χ1n) is 5.23. The van der Waals surface area contributed by atoms with Crippen LogP contribution in [0.25, 0.3) is 0 Å². The molecule has 1 aliphatic heterocycles. The lowest BCUT2D eigenvalue weighted by molar-refractivity contribution is -0.119. The minimum atomic E-state index is 0.155. The van der Waals surface area contributed by atoms with Crippen LogP contribution in [0.5, 0.6) is 0 Å². The highest BCUT2D eigenvalue weighted by molar-refractivity contribution is 7.10. The van der Waals surface area contributed by atoms with E-state index in [2.05, 4.69) is 35.9 Å². The van der Waals surface area contributed by atoms with E-state index in [0.717, 1.165) is 6.54 Å². The van der Waals surface area contributed by atoms with Gasteiger partial charge in [0.05, 0.1) is 0 Å². The molecule has 4 heteroatoms. The molecule has 3 nitrogen and oxygen atoms in total. The van der Waals surface area contributed by atoms with Gasteiger partial charge in [-0.2, -0.15) is 0 Å². The number of nitrogens with one attached hydrogen (secondary N) is 2. The Morgan fingerprint density at radius 3 is 3.00 bits per heavy atom. The Hall–Kier alpha value is -0.870. The zero-order chi connectivity index (χ0) is 10.8. The zero-order valence-corrected chi connectivity index (χ0v) is 9.86. The Labute approximate surface area is 93.9 Å². The number of hydrogen-bond donors (Lipinski definition) is 2. The van der Waals surface area contributed by atoms with Crippen LogP contribution in [-0.4, -0.2) is 18.5 Å². The molecule has 0 radical (unpaired) electrons. The summed E-state index contributed by atoms with van der Waals surface area (Å²) in [5.41, 5.74) is 1.33. The fourth-order valence-corrected chi connectivity index (χ4v) is 2.93. The van der Waals surface area contributed by atoms with Gasteiger partial charge in [-0.15, -0.1) is 11.3 Å². The van der Waals surface area contributed by atoms with Crippen molar-refractivity contribution in [3.05, 3.63) is 21.9 Å². The molecule has 1 amide bonds. The average Bonchev–Trinajstić information content (AvgIpc) is 2.75. The number of aryl methyl sites for hydroxylation is 1. The standard InChI is InChI=1S/C11H16N2OS/c1-7-3-4-15-11(7)8(2)13-9-5-10(14)12-6-9/h3-4,8-9,13H,5-6H2,1-2H3,(H,12,14). The van der Waals surface area contributed by atoms with E-state index >= 15 is 0 Å². The highest BCUT2D eigenvalue weighted by Gasteiger charge is 2.23. The molecule has 1 fully saturated rings. The molecule has 2 atom stereocenters. The molecule has 0 aromatic carbocycles. The Morgan fingerprint density at radius 2 is 2.47 bits per heavy atom. The lowest BCUT2D eigenvalue weighted by Gasteiger charge is -2.17. The summed E-state index contributed by atoms with van der Waals surface area (Å²) in [5.74, 6) is 0.155. The maximum Gasteiger partial charge on any atom is 0.221 e. The number of rotatable bonds is 3. The monoisotopic (exact) mass is 224 g/mol. The molecule has 2 rings (SSSR count). The normalized spacial score (nSPS) is 22.8. The van der Waals surface area contributed by atoms with Crippen molar-refractivity contribution in [1.29, 1.82) is 0 Å². The van der Waals surface area contributed by atoms with E-state index in [1.54, 1.807) is 11.3 Å². The molecule has 1 aliphatic rings. The maximum atomic E-state index is 11.0. The van der Waals surface area contributed by atoms with Crippen LogP contribution in [0.2, 0.25) is 0 Å². The summed E-state index contributed by atoms with van der Waals surface area (Å²) in [6.45, 7) is 5.04. The SMILES string of the molecule is Cc1ccsc1C(C)NC1CNC(=O)C1. The van der Waals surface area contributed by atoms with Crippen LogP contribution in [0.4, 0.5) is 0 Å². The van der Waals surface area contributed by atoms with E-state index in [1.165, 1.54) is 10.4 Å². The topological polar surface area (TPSA) is 41.1 Å². The van der Waals surface area contributed by atoms with E-state index in [4.69, 9.17) is 0 Å². The molecule has 0 aliphatic carbocycles. The van der Waals surface area contributed by atoms with Crippen molar-refractivity contribution in [2.45, 2.75) is 32.4 Å². The number of thiophene rings is 1. The lowest BCUT2D eigenvalue weighted by atomic mass is 10.1. The van der Waals surface area contributed by atoms with Gasteiger partial charge in [-0.05, 0) is 30.9 Å². The van der Waals surface area contributed by atoms with Crippen molar-refractivity contribution in [3.63, 3.8) is 0 Å². The van der Waals surface area contributed by atoms with Crippen LogP contribution in [0.3, 0.4) is 0 Å². The molecule has 1 saturated heterocycles. The van der Waals surface area contributed by atoms with Gasteiger partial charge in [-0.1, -0.05) is 0 Å². The van der Waals surface area contributed by atoms with E-state index in [0.29, 0.717) is 12.5 Å². The molecule has 2 heterocycles. The van der Waals surface area contributed by atoms with Crippen molar-refractivity contribution >= 4 is 17.2 Å². The fraction of sp³-hybridized carbons (Fsp3) is 0.545. The summed E-state index contributed by atoms with van der Waals surface area (Å²) in [7, 11) is 0. The van der Waals surface area contributed by atoms with Crippen molar-refractivity contribution < 1.29 is 4.79 Å². The van der Waals surface area contributed by atoms with Crippen molar-refractivity contribution in [2.75, 3.05) is 6.54 Å². The Morgan fingerprint density at radius 1 is 1.67 bits per heavy atom. The molecular weight excluding hydrogens is 208 g/mol. The lowest BCUT2D eigenvalue weighted by Crippen LogP contribution is -2.33. The smallest absolute Gasteiger partial charge is 0.221 e. The molecule has 82 valence electrons. The number of carbonyl (C=O) groups excluding carboxylic acids is 1. The van der Waals surface area contributed by atoms with Gasteiger partial charge in [0.1, 0.15) is 0 Å². The molecule has 0 bridgehead atoms. The van der Waals surface area contributed by atoms with Crippen LogP contribution < -0.4 is 10.6 Å². The van der Waals surface area contributed by atoms with Crippen LogP contribution in [-0.2, 0) is 4.79 Å². The van der Waals surface area contributed by atoms with Gasteiger partial charge < -0.3 is 10.6 Å². The minimum absolute atomic E-state index is 0.155. The summed E-state index contributed by atoms with van der Waals surface area (Å²) < 4.78 is 0. The van der Waals surface area contributed by atoms with E-state index < -0.39 is 0 Å². The molecule has 2 unspecified atom stereocenters. The van der Waals surface area contributed by atoms with Crippen molar-refractivity contribution in [1.82, 2.24) is 10.6 Å². The number of hydrogen-bond acceptors (Lipinski definition) is 3. The summed E-state index contributed by atoms with van der Waals surface area (Å²) in [5, 5.41) is 8.43. The Balaban J connectivity index is 1.95. The van der Waals surface area contributed by atoms with E-state index in [-0.39, 0.29) is 11.9 Å². The van der Waals surface area contributed by atoms with Gasteiger partial charge in [0.25, 0.3) is 0 Å². The van der Waals surface area contributed by atoms with Crippen molar-refractivity contribution in [2.24, 2.45) is 0 Å². The summed E-state index contributed by atoms with van der Waals surface area (Å²) >= 11 is 1.77. The fourth-order valence-electron chi connectivity index (χ4n) is 1.98. The number of carbonyl (C=O) groups is 1. The van der Waals surface area contributed by atoms with E-state index in [1.807, 2.05) is 0 Å². The van der Waals surface area contributed by atoms with Gasteiger partial charge in [-0.25, -0.2) is 0 Å². The molecule has 2 N–H and O–H groups in total. The Kier molecular flexibility index (Phi) is 3.07. The molecular formula is C11H16N2OS. The van der Waals surface area contributed by atoms with Gasteiger partial charge in [-0.3, -0.25) is 4.79 Å². The Bertz CT molecular complexity index is 361. The van der Waals surface area contributed by atoms with E-state index in [9.17, 15) is 4.79 Å². The van der Waals surface area contributed by atoms with Crippen molar-refractivity contribution in [3.8, 4) is 0 Å². The number of amides is 1. The van der Waals surface area contributed by atoms with Crippen LogP contribution in [0.15, 0.2) is 11.4 Å². The van der Waals surface area contributed by atoms with Crippen LogP contribution in [0, 0.1) is 6.92 Å². The minimum Gasteiger partial charge on any atom is -0.354 e. The largest absolute Gasteiger partial charge is 0.354 e. The second-order valence-electron chi connectivity index (χ2n) is 4.06. The molecule has 15 heavy (non-hydrogen) atoms. The first-order chi connectivity index (χ1) is 7.16. The average molecular weight is 224 g/mol. The van der Waals surface area contributed by atoms with Crippen LogP contribution >= 0.6 is 11.3 Å². The first kappa shape index (κ1) is 10.6. The maximum absolute atomic E-state index is 11.0. The molecule has 1 aromatic heterocycles. The second-order valence-corrected chi connectivity index (χ2v) is 5.01. The third-order valence-electron chi connectivity index (χ3n) is 2.76. The summed E-state index contributed by atoms with van der Waals surface area (Å²) in [6, 6.07) is 2.76. The second kappa shape index (κ2) is 4.33. The van der Waals surface area contributed by atoms with Crippen LogP contribution in [0.1, 0.15) is 29.8 Å². The highest BCUT2D eigenvalue weighted by atomic mass is 32.1. The molecule has 0 saturated carbocycles. The van der Waals surface area contributed by atoms with Gasteiger partial charge in [0.15, 0.2) is 0 Å². The quantitative estimate of drug-likeness (QED) is 0.818. The highest BCUT2D eigenvalue weighted by Crippen LogP contribution is 2.24. The van der Waals surface area contributed by atoms with Gasteiger partial charge in [0.2, 0.25) is 5.91 Å². The predicted octanol–water partition coefficient (Wildman–Crippen LogP) is 1.60. The first-order valence-corrected chi connectivity index (χ1v) is 6.11. The predicted molar refractivity (Wildman–Crippen MR) is 62.0 cm³/mol. The third kappa shape index (κ3) is 2.38. The van der Waals surface area contributed by atoms with Gasteiger partial charge in [0, 0.05) is 29.9 Å². The summed E-state index contributed by atoms with van der Waals surface area (Å²) in [6.07, 6.45) is 0.606.